The second-order valence-electron chi connectivity index (χ2n) is 6.69. The van der Waals surface area contributed by atoms with E-state index >= 15 is 0 Å². The van der Waals surface area contributed by atoms with Crippen molar-refractivity contribution >= 4 is 16.7 Å². The summed E-state index contributed by atoms with van der Waals surface area (Å²) in [5, 5.41) is 1.04. The van der Waals surface area contributed by atoms with Gasteiger partial charge in [0, 0.05) is 36.4 Å². The van der Waals surface area contributed by atoms with Crippen LogP contribution < -0.4 is 4.90 Å². The lowest BCUT2D eigenvalue weighted by atomic mass is 10.0. The minimum Gasteiger partial charge on any atom is -0.356 e. The number of aromatic nitrogens is 3. The Bertz CT molecular complexity index is 1110. The molecule has 1 fully saturated rings. The van der Waals surface area contributed by atoms with Crippen LogP contribution in [0.2, 0.25) is 0 Å². The van der Waals surface area contributed by atoms with Crippen molar-refractivity contribution in [2.45, 2.75) is 6.42 Å². The number of fused-ring (bicyclic) bond motifs is 1. The van der Waals surface area contributed by atoms with Gasteiger partial charge in [-0.3, -0.25) is 4.98 Å². The van der Waals surface area contributed by atoms with Crippen LogP contribution in [0.15, 0.2) is 67.0 Å². The Kier molecular flexibility index (Phi) is 3.78. The summed E-state index contributed by atoms with van der Waals surface area (Å²) in [6, 6.07) is 16.6. The van der Waals surface area contributed by atoms with E-state index in [1.807, 2.05) is 24.3 Å². The highest BCUT2D eigenvalue weighted by atomic mass is 19.1. The van der Waals surface area contributed by atoms with Gasteiger partial charge in [0.05, 0.1) is 5.52 Å². The molecule has 2 aromatic carbocycles. The van der Waals surface area contributed by atoms with Crippen molar-refractivity contribution in [1.29, 1.82) is 0 Å². The molecule has 3 heterocycles. The third-order valence-electron chi connectivity index (χ3n) is 4.93. The summed E-state index contributed by atoms with van der Waals surface area (Å²) in [6.45, 7) is 2.02. The van der Waals surface area contributed by atoms with Crippen LogP contribution in [0.5, 0.6) is 0 Å². The molecule has 1 saturated heterocycles. The molecule has 5 heteroatoms. The molecule has 0 amide bonds. The number of pyridine rings is 1. The third-order valence-corrected chi connectivity index (χ3v) is 4.93. The Balaban J connectivity index is 1.69. The highest BCUT2D eigenvalue weighted by Gasteiger charge is 2.20. The van der Waals surface area contributed by atoms with Gasteiger partial charge >= 0.3 is 0 Å². The summed E-state index contributed by atoms with van der Waals surface area (Å²) in [7, 11) is 0. The molecule has 5 rings (SSSR count). The Labute approximate surface area is 156 Å². The van der Waals surface area contributed by atoms with Gasteiger partial charge in [-0.15, -0.1) is 0 Å². The van der Waals surface area contributed by atoms with E-state index in [2.05, 4.69) is 16.0 Å². The molecule has 27 heavy (non-hydrogen) atoms. The molecule has 2 aromatic heterocycles. The molecule has 4 aromatic rings. The molecule has 1 aliphatic rings. The van der Waals surface area contributed by atoms with E-state index in [0.29, 0.717) is 5.82 Å². The SMILES string of the molecule is Fc1ccc(-c2ccc3c(N4CCC4)nc(-c4cccnc4)nc3c2)cc1. The van der Waals surface area contributed by atoms with Gasteiger partial charge in [-0.1, -0.05) is 18.2 Å². The van der Waals surface area contributed by atoms with Crippen molar-refractivity contribution in [3.8, 4) is 22.5 Å². The number of nitrogens with zero attached hydrogens (tertiary/aromatic N) is 4. The van der Waals surface area contributed by atoms with Crippen molar-refractivity contribution in [2.24, 2.45) is 0 Å². The number of anilines is 1. The standard InChI is InChI=1S/C22H17FN4/c23-18-7-4-15(5-8-18)16-6-9-19-20(13-16)25-21(17-3-1-10-24-14-17)26-22(19)27-11-2-12-27/h1,3-10,13-14H,2,11-12H2. The Hall–Kier alpha value is -3.34. The molecule has 0 aliphatic carbocycles. The molecule has 0 bridgehead atoms. The number of halogens is 1. The van der Waals surface area contributed by atoms with Gasteiger partial charge < -0.3 is 4.90 Å². The Morgan fingerprint density at radius 1 is 0.852 bits per heavy atom. The maximum Gasteiger partial charge on any atom is 0.163 e. The quantitative estimate of drug-likeness (QED) is 0.533. The molecular weight excluding hydrogens is 339 g/mol. The second-order valence-corrected chi connectivity index (χ2v) is 6.69. The normalized spacial score (nSPS) is 13.6. The lowest BCUT2D eigenvalue weighted by molar-refractivity contribution is 0.612. The zero-order valence-electron chi connectivity index (χ0n) is 14.6. The van der Waals surface area contributed by atoms with Crippen molar-refractivity contribution in [1.82, 2.24) is 15.0 Å². The molecule has 0 spiro atoms. The summed E-state index contributed by atoms with van der Waals surface area (Å²) in [5.74, 6) is 1.41. The number of hydrogen-bond donors (Lipinski definition) is 0. The maximum atomic E-state index is 13.3. The molecular formula is C22H17FN4. The zero-order chi connectivity index (χ0) is 18.2. The average Bonchev–Trinajstić information content (AvgIpc) is 2.67. The van der Waals surface area contributed by atoms with Crippen molar-refractivity contribution in [2.75, 3.05) is 18.0 Å². The van der Waals surface area contributed by atoms with Crippen LogP contribution in [0.3, 0.4) is 0 Å². The lowest BCUT2D eigenvalue weighted by Crippen LogP contribution is -2.37. The smallest absolute Gasteiger partial charge is 0.163 e. The summed E-state index contributed by atoms with van der Waals surface area (Å²) in [4.78, 5) is 16.1. The highest BCUT2D eigenvalue weighted by Crippen LogP contribution is 2.32. The Morgan fingerprint density at radius 2 is 1.67 bits per heavy atom. The van der Waals surface area contributed by atoms with Crippen LogP contribution in [0.25, 0.3) is 33.4 Å². The van der Waals surface area contributed by atoms with Crippen LogP contribution in [-0.4, -0.2) is 28.0 Å². The minimum atomic E-state index is -0.235. The summed E-state index contributed by atoms with van der Waals surface area (Å²) in [6.07, 6.45) is 4.71. The van der Waals surface area contributed by atoms with E-state index < -0.39 is 0 Å². The van der Waals surface area contributed by atoms with Crippen molar-refractivity contribution in [3.63, 3.8) is 0 Å². The lowest BCUT2D eigenvalue weighted by Gasteiger charge is -2.33. The molecule has 4 nitrogen and oxygen atoms in total. The molecule has 0 N–H and O–H groups in total. The first-order chi connectivity index (χ1) is 13.3. The van der Waals surface area contributed by atoms with Crippen LogP contribution in [0, 0.1) is 5.82 Å². The van der Waals surface area contributed by atoms with Gasteiger partial charge in [0.1, 0.15) is 11.6 Å². The van der Waals surface area contributed by atoms with Gasteiger partial charge in [0.2, 0.25) is 0 Å². The number of rotatable bonds is 3. The van der Waals surface area contributed by atoms with E-state index in [1.165, 1.54) is 18.6 Å². The molecule has 0 atom stereocenters. The topological polar surface area (TPSA) is 41.9 Å². The molecule has 0 radical (unpaired) electrons. The first-order valence-corrected chi connectivity index (χ1v) is 9.01. The zero-order valence-corrected chi connectivity index (χ0v) is 14.6. The fourth-order valence-electron chi connectivity index (χ4n) is 3.33. The summed E-state index contributed by atoms with van der Waals surface area (Å²) < 4.78 is 13.3. The highest BCUT2D eigenvalue weighted by molar-refractivity contribution is 5.94. The molecule has 132 valence electrons. The van der Waals surface area contributed by atoms with E-state index in [-0.39, 0.29) is 5.82 Å². The van der Waals surface area contributed by atoms with E-state index in [0.717, 1.165) is 46.5 Å². The summed E-state index contributed by atoms with van der Waals surface area (Å²) in [5.41, 5.74) is 3.75. The van der Waals surface area contributed by atoms with Crippen LogP contribution in [-0.2, 0) is 0 Å². The average molecular weight is 356 g/mol. The Morgan fingerprint density at radius 3 is 2.37 bits per heavy atom. The van der Waals surface area contributed by atoms with Crippen LogP contribution >= 0.6 is 0 Å². The second kappa shape index (κ2) is 6.43. The van der Waals surface area contributed by atoms with Crippen LogP contribution in [0.4, 0.5) is 10.2 Å². The maximum absolute atomic E-state index is 13.3. The minimum absolute atomic E-state index is 0.235. The predicted molar refractivity (Wildman–Crippen MR) is 105 cm³/mol. The fraction of sp³-hybridized carbons (Fsp3) is 0.136. The van der Waals surface area contributed by atoms with Gasteiger partial charge in [-0.2, -0.15) is 0 Å². The van der Waals surface area contributed by atoms with Crippen molar-refractivity contribution < 1.29 is 4.39 Å². The monoisotopic (exact) mass is 356 g/mol. The van der Waals surface area contributed by atoms with E-state index in [9.17, 15) is 4.39 Å². The van der Waals surface area contributed by atoms with Gasteiger partial charge in [-0.25, -0.2) is 14.4 Å². The van der Waals surface area contributed by atoms with Crippen molar-refractivity contribution in [3.05, 3.63) is 72.8 Å². The molecule has 0 saturated carbocycles. The molecule has 1 aliphatic heterocycles. The third kappa shape index (κ3) is 2.91. The van der Waals surface area contributed by atoms with Gasteiger partial charge in [0.15, 0.2) is 5.82 Å². The van der Waals surface area contributed by atoms with E-state index in [4.69, 9.17) is 9.97 Å². The first kappa shape index (κ1) is 15.9. The first-order valence-electron chi connectivity index (χ1n) is 9.01. The molecule has 0 unspecified atom stereocenters. The number of hydrogen-bond acceptors (Lipinski definition) is 4. The summed E-state index contributed by atoms with van der Waals surface area (Å²) >= 11 is 0. The van der Waals surface area contributed by atoms with E-state index in [1.54, 1.807) is 24.5 Å². The fourth-order valence-corrected chi connectivity index (χ4v) is 3.33. The number of benzene rings is 2. The predicted octanol–water partition coefficient (Wildman–Crippen LogP) is 4.71. The largest absolute Gasteiger partial charge is 0.356 e. The van der Waals surface area contributed by atoms with Crippen LogP contribution in [0.1, 0.15) is 6.42 Å². The van der Waals surface area contributed by atoms with Gasteiger partial charge in [0.25, 0.3) is 0 Å². The van der Waals surface area contributed by atoms with Gasteiger partial charge in [-0.05, 0) is 53.9 Å².